The highest BCUT2D eigenvalue weighted by Crippen LogP contribution is 2.14. The molecule has 15 heavy (non-hydrogen) atoms. The molecule has 1 aromatic rings. The van der Waals surface area contributed by atoms with E-state index < -0.39 is 11.4 Å². The first-order valence-corrected chi connectivity index (χ1v) is 4.82. The minimum Gasteiger partial charge on any atom is -0.368 e. The van der Waals surface area contributed by atoms with Crippen LogP contribution < -0.4 is 11.5 Å². The molecule has 0 fully saturated rings. The lowest BCUT2D eigenvalue weighted by Gasteiger charge is -2.24. The van der Waals surface area contributed by atoms with Crippen LogP contribution in [-0.2, 0) is 11.2 Å². The minimum atomic E-state index is -1.02. The zero-order valence-corrected chi connectivity index (χ0v) is 8.65. The predicted molar refractivity (Wildman–Crippen MR) is 61.1 cm³/mol. The van der Waals surface area contributed by atoms with E-state index in [1.54, 1.807) is 6.08 Å². The number of nitrogens with two attached hydrogens (primary N) is 2. The van der Waals surface area contributed by atoms with Crippen LogP contribution in [0.15, 0.2) is 43.0 Å². The molecule has 3 heteroatoms. The van der Waals surface area contributed by atoms with Crippen molar-refractivity contribution in [2.24, 2.45) is 11.5 Å². The van der Waals surface area contributed by atoms with E-state index in [-0.39, 0.29) is 0 Å². The third-order valence-corrected chi connectivity index (χ3v) is 2.36. The number of hydrogen-bond donors (Lipinski definition) is 2. The summed E-state index contributed by atoms with van der Waals surface area (Å²) in [6.45, 7) is 3.58. The first kappa shape index (κ1) is 11.5. The Bertz CT molecular complexity index is 348. The third kappa shape index (κ3) is 2.92. The number of hydrogen-bond acceptors (Lipinski definition) is 2. The largest absolute Gasteiger partial charge is 0.368 e. The van der Waals surface area contributed by atoms with Crippen molar-refractivity contribution in [2.45, 2.75) is 18.4 Å². The van der Waals surface area contributed by atoms with Crippen LogP contribution in [0.3, 0.4) is 0 Å². The molecule has 0 heterocycles. The van der Waals surface area contributed by atoms with E-state index in [2.05, 4.69) is 6.58 Å². The molecule has 0 bridgehead atoms. The second kappa shape index (κ2) is 4.75. The number of carbonyl (C=O) groups excluding carboxylic acids is 1. The average Bonchev–Trinajstić information content (AvgIpc) is 2.19. The molecule has 1 amide bonds. The highest BCUT2D eigenvalue weighted by atomic mass is 16.1. The summed E-state index contributed by atoms with van der Waals surface area (Å²) in [6.07, 6.45) is 2.44. The fourth-order valence-corrected chi connectivity index (χ4v) is 1.48. The van der Waals surface area contributed by atoms with E-state index in [4.69, 9.17) is 11.5 Å². The molecule has 0 aromatic heterocycles. The summed E-state index contributed by atoms with van der Waals surface area (Å²) in [5.74, 6) is -0.494. The molecular weight excluding hydrogens is 188 g/mol. The summed E-state index contributed by atoms with van der Waals surface area (Å²) < 4.78 is 0. The molecule has 1 aromatic carbocycles. The fraction of sp³-hybridized carbons (Fsp3) is 0.250. The lowest BCUT2D eigenvalue weighted by Crippen LogP contribution is -2.53. The van der Waals surface area contributed by atoms with E-state index >= 15 is 0 Å². The van der Waals surface area contributed by atoms with Gasteiger partial charge in [-0.15, -0.1) is 6.58 Å². The Labute approximate surface area is 89.8 Å². The van der Waals surface area contributed by atoms with Gasteiger partial charge in [-0.25, -0.2) is 0 Å². The molecule has 3 nitrogen and oxygen atoms in total. The highest BCUT2D eigenvalue weighted by molar-refractivity contribution is 5.85. The molecule has 0 radical (unpaired) electrons. The van der Waals surface area contributed by atoms with Gasteiger partial charge < -0.3 is 11.5 Å². The molecule has 0 saturated heterocycles. The zero-order chi connectivity index (χ0) is 11.3. The Morgan fingerprint density at radius 1 is 1.40 bits per heavy atom. The van der Waals surface area contributed by atoms with E-state index in [1.165, 1.54) is 0 Å². The fourth-order valence-electron chi connectivity index (χ4n) is 1.48. The molecule has 0 aliphatic carbocycles. The van der Waals surface area contributed by atoms with Gasteiger partial charge in [0.25, 0.3) is 0 Å². The second-order valence-corrected chi connectivity index (χ2v) is 3.68. The van der Waals surface area contributed by atoms with Gasteiger partial charge in [0.05, 0.1) is 0 Å². The normalized spacial score (nSPS) is 14.2. The van der Waals surface area contributed by atoms with Crippen molar-refractivity contribution >= 4 is 5.91 Å². The van der Waals surface area contributed by atoms with Crippen molar-refractivity contribution in [3.8, 4) is 0 Å². The topological polar surface area (TPSA) is 69.1 Å². The molecule has 1 atom stereocenters. The van der Waals surface area contributed by atoms with Crippen LogP contribution in [0, 0.1) is 0 Å². The minimum absolute atomic E-state index is 0.386. The number of primary amides is 1. The Balaban J connectivity index is 2.84. The van der Waals surface area contributed by atoms with Crippen molar-refractivity contribution in [2.75, 3.05) is 0 Å². The van der Waals surface area contributed by atoms with Gasteiger partial charge in [-0.1, -0.05) is 36.4 Å². The lowest BCUT2D eigenvalue weighted by atomic mass is 9.88. The zero-order valence-electron chi connectivity index (χ0n) is 8.65. The molecular formula is C12H16N2O. The molecule has 0 unspecified atom stereocenters. The van der Waals surface area contributed by atoms with Gasteiger partial charge in [-0.2, -0.15) is 0 Å². The van der Waals surface area contributed by atoms with Crippen LogP contribution in [-0.4, -0.2) is 11.4 Å². The Morgan fingerprint density at radius 3 is 2.47 bits per heavy atom. The monoisotopic (exact) mass is 204 g/mol. The molecule has 0 spiro atoms. The van der Waals surface area contributed by atoms with Crippen molar-refractivity contribution in [3.63, 3.8) is 0 Å². The third-order valence-electron chi connectivity index (χ3n) is 2.36. The van der Waals surface area contributed by atoms with Gasteiger partial charge in [0.2, 0.25) is 5.91 Å². The Morgan fingerprint density at radius 2 is 2.00 bits per heavy atom. The first-order chi connectivity index (χ1) is 7.08. The van der Waals surface area contributed by atoms with Crippen LogP contribution in [0.4, 0.5) is 0 Å². The maximum atomic E-state index is 11.3. The van der Waals surface area contributed by atoms with Crippen molar-refractivity contribution in [1.29, 1.82) is 0 Å². The van der Waals surface area contributed by atoms with Crippen LogP contribution in [0.5, 0.6) is 0 Å². The number of amides is 1. The smallest absolute Gasteiger partial charge is 0.238 e. The van der Waals surface area contributed by atoms with Gasteiger partial charge >= 0.3 is 0 Å². The number of rotatable bonds is 5. The van der Waals surface area contributed by atoms with Crippen LogP contribution in [0.1, 0.15) is 12.0 Å². The van der Waals surface area contributed by atoms with Gasteiger partial charge in [0, 0.05) is 0 Å². The lowest BCUT2D eigenvalue weighted by molar-refractivity contribution is -0.123. The van der Waals surface area contributed by atoms with Crippen LogP contribution in [0.25, 0.3) is 0 Å². The molecule has 1 rings (SSSR count). The van der Waals surface area contributed by atoms with E-state index in [9.17, 15) is 4.79 Å². The van der Waals surface area contributed by atoms with Gasteiger partial charge in [-0.05, 0) is 18.4 Å². The quantitative estimate of drug-likeness (QED) is 0.702. The molecule has 4 N–H and O–H groups in total. The second-order valence-electron chi connectivity index (χ2n) is 3.68. The van der Waals surface area contributed by atoms with Crippen molar-refractivity contribution in [3.05, 3.63) is 48.6 Å². The molecule has 0 aliphatic heterocycles. The summed E-state index contributed by atoms with van der Waals surface area (Å²) in [5, 5.41) is 0. The molecule has 80 valence electrons. The molecule has 0 saturated carbocycles. The van der Waals surface area contributed by atoms with E-state index in [0.29, 0.717) is 12.8 Å². The number of benzene rings is 1. The maximum absolute atomic E-state index is 11.3. The van der Waals surface area contributed by atoms with E-state index in [0.717, 1.165) is 5.56 Å². The van der Waals surface area contributed by atoms with Gasteiger partial charge in [-0.3, -0.25) is 4.79 Å². The highest BCUT2D eigenvalue weighted by Gasteiger charge is 2.30. The van der Waals surface area contributed by atoms with Crippen LogP contribution >= 0.6 is 0 Å². The van der Waals surface area contributed by atoms with Crippen molar-refractivity contribution in [1.82, 2.24) is 0 Å². The maximum Gasteiger partial charge on any atom is 0.238 e. The van der Waals surface area contributed by atoms with Gasteiger partial charge in [0.1, 0.15) is 5.54 Å². The van der Waals surface area contributed by atoms with Crippen LogP contribution in [0.2, 0.25) is 0 Å². The van der Waals surface area contributed by atoms with E-state index in [1.807, 2.05) is 30.3 Å². The number of carbonyl (C=O) groups is 1. The summed E-state index contributed by atoms with van der Waals surface area (Å²) in [5.41, 5.74) is 11.2. The Kier molecular flexibility index (Phi) is 3.63. The van der Waals surface area contributed by atoms with Gasteiger partial charge in [0.15, 0.2) is 0 Å². The predicted octanol–water partition coefficient (Wildman–Crippen LogP) is 0.988. The standard InChI is InChI=1S/C12H16N2O/c1-2-8-12(14,11(13)15)9-10-6-4-3-5-7-10/h2-7H,1,8-9,14H2,(H2,13,15)/t12-/m0/s1. The summed E-state index contributed by atoms with van der Waals surface area (Å²) >= 11 is 0. The SMILES string of the molecule is C=CC[C@](N)(Cc1ccccc1)C(N)=O. The summed E-state index contributed by atoms with van der Waals surface area (Å²) in [6, 6.07) is 9.58. The Hall–Kier alpha value is -1.61. The van der Waals surface area contributed by atoms with Crippen molar-refractivity contribution < 1.29 is 4.79 Å². The molecule has 0 aliphatic rings. The average molecular weight is 204 g/mol. The first-order valence-electron chi connectivity index (χ1n) is 4.82. The summed E-state index contributed by atoms with van der Waals surface area (Å²) in [4.78, 5) is 11.3. The summed E-state index contributed by atoms with van der Waals surface area (Å²) in [7, 11) is 0.